The van der Waals surface area contributed by atoms with Gasteiger partial charge in [-0.25, -0.2) is 0 Å². The van der Waals surface area contributed by atoms with Crippen molar-refractivity contribution in [3.05, 3.63) is 65.2 Å². The number of halogens is 1. The highest BCUT2D eigenvalue weighted by atomic mass is 35.5. The Morgan fingerprint density at radius 2 is 1.86 bits per heavy atom. The van der Waals surface area contributed by atoms with Gasteiger partial charge in [0.25, 0.3) is 0 Å². The molecule has 5 nitrogen and oxygen atoms in total. The molecule has 2 aromatic carbocycles. The van der Waals surface area contributed by atoms with Crippen molar-refractivity contribution in [2.24, 2.45) is 5.73 Å². The fourth-order valence-electron chi connectivity index (χ4n) is 3.01. The molecule has 0 spiro atoms. The second-order valence-corrected chi connectivity index (χ2v) is 7.21. The van der Waals surface area contributed by atoms with Crippen molar-refractivity contribution in [2.75, 3.05) is 18.1 Å². The van der Waals surface area contributed by atoms with Crippen molar-refractivity contribution in [3.63, 3.8) is 0 Å². The van der Waals surface area contributed by atoms with Crippen molar-refractivity contribution in [1.29, 1.82) is 10.8 Å². The minimum atomic E-state index is 0.284. The monoisotopic (exact) mass is 412 g/mol. The van der Waals surface area contributed by atoms with E-state index < -0.39 is 0 Å². The van der Waals surface area contributed by atoms with Crippen LogP contribution in [0.2, 0.25) is 5.02 Å². The van der Waals surface area contributed by atoms with E-state index in [4.69, 9.17) is 32.9 Å². The molecule has 0 heterocycles. The molecular weight excluding hydrogens is 384 g/mol. The van der Waals surface area contributed by atoms with Crippen molar-refractivity contribution in [3.8, 4) is 5.75 Å². The van der Waals surface area contributed by atoms with E-state index in [1.807, 2.05) is 42.5 Å². The van der Waals surface area contributed by atoms with E-state index >= 15 is 0 Å². The van der Waals surface area contributed by atoms with Crippen LogP contribution >= 0.6 is 11.6 Å². The second-order valence-electron chi connectivity index (χ2n) is 6.77. The number of hydrogen-bond donors (Lipinski definition) is 3. The maximum atomic E-state index is 8.54. The van der Waals surface area contributed by atoms with Crippen LogP contribution in [0.25, 0.3) is 5.57 Å². The van der Waals surface area contributed by atoms with E-state index in [9.17, 15) is 0 Å². The molecule has 4 N–H and O–H groups in total. The summed E-state index contributed by atoms with van der Waals surface area (Å²) in [6.07, 6.45) is 2.49. The molecule has 0 aliphatic heterocycles. The van der Waals surface area contributed by atoms with Gasteiger partial charge in [0, 0.05) is 23.6 Å². The lowest BCUT2D eigenvalue weighted by molar-refractivity contribution is 0.328. The summed E-state index contributed by atoms with van der Waals surface area (Å²) in [5.41, 5.74) is 8.78. The molecule has 0 radical (unpaired) electrons. The zero-order valence-electron chi connectivity index (χ0n) is 17.1. The van der Waals surface area contributed by atoms with Gasteiger partial charge in [-0.15, -0.1) is 0 Å². The third-order valence-corrected chi connectivity index (χ3v) is 4.74. The average molecular weight is 413 g/mol. The molecule has 0 aliphatic rings. The summed E-state index contributed by atoms with van der Waals surface area (Å²) >= 11 is 6.03. The number of hydrogen-bond acceptors (Lipinski definition) is 4. The number of unbranched alkanes of at least 4 members (excludes halogenated alkanes) is 1. The quantitative estimate of drug-likeness (QED) is 0.364. The largest absolute Gasteiger partial charge is 0.492 e. The molecule has 29 heavy (non-hydrogen) atoms. The van der Waals surface area contributed by atoms with Gasteiger partial charge in [0.1, 0.15) is 24.0 Å². The standard InChI is InChI=1S/C23H29ClN4O/c1-4-5-6-23(27)28(17(3)26)22-12-11-20(29-14-13-25)15-21(22)16(2)18-7-9-19(24)10-8-18/h7-12,15,26-27H,2,4-6,13-14,25H2,1,3H3. The highest BCUT2D eigenvalue weighted by molar-refractivity contribution is 6.30. The van der Waals surface area contributed by atoms with Gasteiger partial charge in [0.05, 0.1) is 5.69 Å². The van der Waals surface area contributed by atoms with Gasteiger partial charge >= 0.3 is 0 Å². The lowest BCUT2D eigenvalue weighted by atomic mass is 9.96. The first-order valence-corrected chi connectivity index (χ1v) is 10.1. The summed E-state index contributed by atoms with van der Waals surface area (Å²) in [6.45, 7) is 8.89. The van der Waals surface area contributed by atoms with Crippen molar-refractivity contribution >= 4 is 34.5 Å². The first kappa shape index (κ1) is 22.7. The number of nitrogens with one attached hydrogen (secondary N) is 2. The summed E-state index contributed by atoms with van der Waals surface area (Å²) in [7, 11) is 0. The van der Waals surface area contributed by atoms with Crippen LogP contribution in [0.5, 0.6) is 5.75 Å². The Morgan fingerprint density at radius 3 is 2.45 bits per heavy atom. The Morgan fingerprint density at radius 1 is 1.17 bits per heavy atom. The van der Waals surface area contributed by atoms with Crippen LogP contribution in [0.15, 0.2) is 49.0 Å². The predicted octanol–water partition coefficient (Wildman–Crippen LogP) is 5.71. The maximum absolute atomic E-state index is 8.54. The summed E-state index contributed by atoms with van der Waals surface area (Å²) in [4.78, 5) is 1.67. The van der Waals surface area contributed by atoms with Gasteiger partial charge in [-0.2, -0.15) is 0 Å². The van der Waals surface area contributed by atoms with Crippen LogP contribution in [0.4, 0.5) is 5.69 Å². The molecule has 2 rings (SSSR count). The number of nitrogens with two attached hydrogens (primary N) is 1. The van der Waals surface area contributed by atoms with Gasteiger partial charge in [-0.3, -0.25) is 15.7 Å². The van der Waals surface area contributed by atoms with Crippen LogP contribution in [-0.4, -0.2) is 24.8 Å². The van der Waals surface area contributed by atoms with Crippen LogP contribution in [-0.2, 0) is 0 Å². The second kappa shape index (κ2) is 10.8. The first-order valence-electron chi connectivity index (χ1n) is 9.73. The molecule has 154 valence electrons. The molecule has 0 saturated heterocycles. The number of rotatable bonds is 9. The lowest BCUT2D eigenvalue weighted by Crippen LogP contribution is -2.35. The molecule has 0 amide bonds. The topological polar surface area (TPSA) is 86.2 Å². The maximum Gasteiger partial charge on any atom is 0.120 e. The number of nitrogens with zero attached hydrogens (tertiary/aromatic N) is 1. The van der Waals surface area contributed by atoms with Gasteiger partial charge in [0.15, 0.2) is 0 Å². The number of ether oxygens (including phenoxy) is 1. The molecule has 2 aromatic rings. The van der Waals surface area contributed by atoms with Crippen molar-refractivity contribution in [1.82, 2.24) is 0 Å². The third-order valence-electron chi connectivity index (χ3n) is 4.49. The average Bonchev–Trinajstić information content (AvgIpc) is 2.71. The SMILES string of the molecule is C=C(c1ccc(Cl)cc1)c1cc(OCCN)ccc1N(C(C)=N)C(=N)CCCC. The Kier molecular flexibility index (Phi) is 8.43. The van der Waals surface area contributed by atoms with E-state index in [0.717, 1.165) is 35.2 Å². The zero-order valence-corrected chi connectivity index (χ0v) is 17.9. The Balaban J connectivity index is 2.54. The minimum absolute atomic E-state index is 0.284. The van der Waals surface area contributed by atoms with Crippen LogP contribution in [0.3, 0.4) is 0 Å². The van der Waals surface area contributed by atoms with E-state index in [0.29, 0.717) is 36.2 Å². The van der Waals surface area contributed by atoms with E-state index in [2.05, 4.69) is 13.5 Å². The van der Waals surface area contributed by atoms with Crippen LogP contribution in [0, 0.1) is 10.8 Å². The lowest BCUT2D eigenvalue weighted by Gasteiger charge is -2.27. The molecule has 0 aromatic heterocycles. The third kappa shape index (κ3) is 5.92. The Labute approximate surface area is 178 Å². The minimum Gasteiger partial charge on any atom is -0.492 e. The summed E-state index contributed by atoms with van der Waals surface area (Å²) < 4.78 is 5.71. The summed E-state index contributed by atoms with van der Waals surface area (Å²) in [5, 5.41) is 17.5. The van der Waals surface area contributed by atoms with Crippen molar-refractivity contribution < 1.29 is 4.74 Å². The van der Waals surface area contributed by atoms with Gasteiger partial charge in [-0.1, -0.05) is 43.7 Å². The molecule has 0 bridgehead atoms. The fraction of sp³-hybridized carbons (Fsp3) is 0.304. The molecule has 0 unspecified atom stereocenters. The molecule has 0 atom stereocenters. The van der Waals surface area contributed by atoms with E-state index in [1.54, 1.807) is 11.8 Å². The van der Waals surface area contributed by atoms with Crippen LogP contribution < -0.4 is 15.4 Å². The number of benzene rings is 2. The van der Waals surface area contributed by atoms with Crippen LogP contribution in [0.1, 0.15) is 44.2 Å². The number of amidine groups is 2. The normalized spacial score (nSPS) is 10.5. The highest BCUT2D eigenvalue weighted by Gasteiger charge is 2.20. The number of anilines is 1. The predicted molar refractivity (Wildman–Crippen MR) is 124 cm³/mol. The van der Waals surface area contributed by atoms with Gasteiger partial charge in [0.2, 0.25) is 0 Å². The van der Waals surface area contributed by atoms with Gasteiger partial charge < -0.3 is 10.5 Å². The summed E-state index contributed by atoms with van der Waals surface area (Å²) in [5.74, 6) is 1.35. The Hall–Kier alpha value is -2.63. The fourth-order valence-corrected chi connectivity index (χ4v) is 3.14. The zero-order chi connectivity index (χ0) is 21.4. The van der Waals surface area contributed by atoms with Crippen molar-refractivity contribution in [2.45, 2.75) is 33.1 Å². The molecular formula is C23H29ClN4O. The molecule has 6 heteroatoms. The van der Waals surface area contributed by atoms with Gasteiger partial charge in [-0.05, 0) is 54.8 Å². The smallest absolute Gasteiger partial charge is 0.120 e. The van der Waals surface area contributed by atoms with E-state index in [-0.39, 0.29) is 5.84 Å². The van der Waals surface area contributed by atoms with E-state index in [1.165, 1.54) is 0 Å². The first-order chi connectivity index (χ1) is 13.9. The molecule has 0 fully saturated rings. The Bertz CT molecular complexity index is 877. The molecule has 0 aliphatic carbocycles. The highest BCUT2D eigenvalue weighted by Crippen LogP contribution is 2.35. The molecule has 0 saturated carbocycles. The summed E-state index contributed by atoms with van der Waals surface area (Å²) in [6, 6.07) is 13.1.